The molecule has 2 rings (SSSR count). The molecular weight excluding hydrogens is 238 g/mol. The molecule has 1 atom stereocenters. The van der Waals surface area contributed by atoms with Crippen molar-refractivity contribution in [1.29, 1.82) is 0 Å². The van der Waals surface area contributed by atoms with E-state index in [0.717, 1.165) is 0 Å². The van der Waals surface area contributed by atoms with E-state index in [1.165, 1.54) is 37.4 Å². The predicted octanol–water partition coefficient (Wildman–Crippen LogP) is 2.21. The van der Waals surface area contributed by atoms with Gasteiger partial charge in [-0.05, 0) is 25.7 Å². The second-order valence-electron chi connectivity index (χ2n) is 4.49. The highest BCUT2D eigenvalue weighted by molar-refractivity contribution is 7.99. The molecule has 6 heteroatoms. The van der Waals surface area contributed by atoms with Crippen molar-refractivity contribution in [1.82, 2.24) is 14.8 Å². The molecule has 0 aliphatic heterocycles. The number of aliphatic carboxylic acids is 1. The van der Waals surface area contributed by atoms with Gasteiger partial charge in [-0.1, -0.05) is 24.6 Å². The first-order chi connectivity index (χ1) is 8.18. The van der Waals surface area contributed by atoms with Gasteiger partial charge < -0.3 is 9.67 Å². The molecule has 94 valence electrons. The average molecular weight is 255 g/mol. The maximum atomic E-state index is 10.6. The van der Waals surface area contributed by atoms with E-state index in [4.69, 9.17) is 5.11 Å². The lowest BCUT2D eigenvalue weighted by atomic mass is 10.00. The molecule has 0 amide bonds. The van der Waals surface area contributed by atoms with E-state index < -0.39 is 5.97 Å². The molecule has 1 aromatic heterocycles. The number of hydrogen-bond donors (Lipinski definition) is 1. The normalized spacial score (nSPS) is 18.4. The summed E-state index contributed by atoms with van der Waals surface area (Å²) in [6.07, 6.45) is 6.82. The molecule has 1 aromatic rings. The number of carbonyl (C=O) groups is 1. The van der Waals surface area contributed by atoms with Crippen LogP contribution in [0.1, 0.15) is 38.6 Å². The molecule has 0 radical (unpaired) electrons. The smallest absolute Gasteiger partial charge is 0.313 e. The Morgan fingerprint density at radius 2 is 2.35 bits per heavy atom. The fraction of sp³-hybridized carbons (Fsp3) is 0.727. The summed E-state index contributed by atoms with van der Waals surface area (Å²) in [4.78, 5) is 10.6. The van der Waals surface area contributed by atoms with E-state index in [0.29, 0.717) is 17.1 Å². The van der Waals surface area contributed by atoms with Crippen LogP contribution in [0.4, 0.5) is 0 Å². The van der Waals surface area contributed by atoms with Gasteiger partial charge in [0.1, 0.15) is 6.33 Å². The SMILES string of the molecule is CC(C1CCCC1)n1cnnc1SCC(=O)O. The third kappa shape index (κ3) is 3.00. The van der Waals surface area contributed by atoms with Crippen LogP contribution in [0.2, 0.25) is 0 Å². The fourth-order valence-corrected chi connectivity index (χ4v) is 3.13. The van der Waals surface area contributed by atoms with Crippen molar-refractivity contribution in [3.8, 4) is 0 Å². The zero-order valence-electron chi connectivity index (χ0n) is 9.87. The van der Waals surface area contributed by atoms with Crippen LogP contribution >= 0.6 is 11.8 Å². The van der Waals surface area contributed by atoms with Gasteiger partial charge in [-0.2, -0.15) is 0 Å². The topological polar surface area (TPSA) is 68.0 Å². The summed E-state index contributed by atoms with van der Waals surface area (Å²) in [6, 6.07) is 0.365. The molecule has 1 unspecified atom stereocenters. The zero-order chi connectivity index (χ0) is 12.3. The summed E-state index contributed by atoms with van der Waals surface area (Å²) >= 11 is 1.24. The van der Waals surface area contributed by atoms with E-state index in [-0.39, 0.29) is 5.75 Å². The monoisotopic (exact) mass is 255 g/mol. The number of aromatic nitrogens is 3. The summed E-state index contributed by atoms with van der Waals surface area (Å²) in [7, 11) is 0. The van der Waals surface area contributed by atoms with Crippen molar-refractivity contribution in [3.05, 3.63) is 6.33 Å². The number of thioether (sulfide) groups is 1. The Bertz CT molecular complexity index is 388. The van der Waals surface area contributed by atoms with Crippen LogP contribution in [0, 0.1) is 5.92 Å². The molecule has 1 saturated carbocycles. The minimum atomic E-state index is -0.821. The largest absolute Gasteiger partial charge is 0.481 e. The Morgan fingerprint density at radius 3 is 3.00 bits per heavy atom. The summed E-state index contributed by atoms with van der Waals surface area (Å²) in [6.45, 7) is 2.17. The summed E-state index contributed by atoms with van der Waals surface area (Å²) in [5, 5.41) is 17.3. The van der Waals surface area contributed by atoms with E-state index >= 15 is 0 Å². The minimum Gasteiger partial charge on any atom is -0.481 e. The molecule has 17 heavy (non-hydrogen) atoms. The van der Waals surface area contributed by atoms with Gasteiger partial charge in [0.05, 0.1) is 5.75 Å². The maximum absolute atomic E-state index is 10.6. The Labute approximate surface area is 105 Å². The van der Waals surface area contributed by atoms with Crippen molar-refractivity contribution in [2.24, 2.45) is 5.92 Å². The molecule has 1 aliphatic rings. The van der Waals surface area contributed by atoms with Crippen molar-refractivity contribution in [2.75, 3.05) is 5.75 Å². The van der Waals surface area contributed by atoms with E-state index in [9.17, 15) is 4.79 Å². The van der Waals surface area contributed by atoms with Crippen LogP contribution < -0.4 is 0 Å². The number of rotatable bonds is 5. The minimum absolute atomic E-state index is 0.0378. The lowest BCUT2D eigenvalue weighted by molar-refractivity contribution is -0.133. The van der Waals surface area contributed by atoms with Gasteiger partial charge in [0.25, 0.3) is 0 Å². The average Bonchev–Trinajstić information content (AvgIpc) is 2.96. The Kier molecular flexibility index (Phi) is 4.04. The van der Waals surface area contributed by atoms with Gasteiger partial charge in [0.2, 0.25) is 0 Å². The van der Waals surface area contributed by atoms with E-state index in [2.05, 4.69) is 17.1 Å². The van der Waals surface area contributed by atoms with Gasteiger partial charge in [0, 0.05) is 6.04 Å². The van der Waals surface area contributed by atoms with Gasteiger partial charge in [0.15, 0.2) is 5.16 Å². The van der Waals surface area contributed by atoms with Crippen molar-refractivity contribution >= 4 is 17.7 Å². The second-order valence-corrected chi connectivity index (χ2v) is 5.43. The molecule has 1 fully saturated rings. The van der Waals surface area contributed by atoms with Crippen molar-refractivity contribution in [2.45, 2.75) is 43.8 Å². The lowest BCUT2D eigenvalue weighted by Crippen LogP contribution is -2.14. The maximum Gasteiger partial charge on any atom is 0.313 e. The number of hydrogen-bond acceptors (Lipinski definition) is 4. The summed E-state index contributed by atoms with van der Waals surface area (Å²) in [5.74, 6) is -0.107. The first-order valence-corrected chi connectivity index (χ1v) is 6.91. The third-order valence-corrected chi connectivity index (χ3v) is 4.33. The third-order valence-electron chi connectivity index (χ3n) is 3.39. The van der Waals surface area contributed by atoms with Crippen LogP contribution in [0.3, 0.4) is 0 Å². The van der Waals surface area contributed by atoms with Crippen LogP contribution in [0.5, 0.6) is 0 Å². The molecule has 0 saturated heterocycles. The molecule has 1 heterocycles. The highest BCUT2D eigenvalue weighted by atomic mass is 32.2. The Morgan fingerprint density at radius 1 is 1.65 bits per heavy atom. The zero-order valence-corrected chi connectivity index (χ0v) is 10.7. The lowest BCUT2D eigenvalue weighted by Gasteiger charge is -2.21. The van der Waals surface area contributed by atoms with E-state index in [1.807, 2.05) is 4.57 Å². The molecule has 1 N–H and O–H groups in total. The molecule has 0 bridgehead atoms. The van der Waals surface area contributed by atoms with Crippen LogP contribution in [0.15, 0.2) is 11.5 Å². The number of carboxylic acid groups (broad SMARTS) is 1. The highest BCUT2D eigenvalue weighted by Gasteiger charge is 2.24. The predicted molar refractivity (Wildman–Crippen MR) is 65.1 cm³/mol. The molecule has 1 aliphatic carbocycles. The van der Waals surface area contributed by atoms with Crippen LogP contribution in [-0.4, -0.2) is 31.6 Å². The number of nitrogens with zero attached hydrogens (tertiary/aromatic N) is 3. The summed E-state index contributed by atoms with van der Waals surface area (Å²) in [5.41, 5.74) is 0. The molecule has 5 nitrogen and oxygen atoms in total. The fourth-order valence-electron chi connectivity index (χ4n) is 2.41. The molecule has 0 aromatic carbocycles. The standard InChI is InChI=1S/C11H17N3O2S/c1-8(9-4-2-3-5-9)14-7-12-13-11(14)17-6-10(15)16/h7-9H,2-6H2,1H3,(H,15,16). The molecular formula is C11H17N3O2S. The van der Waals surface area contributed by atoms with Crippen LogP contribution in [0.25, 0.3) is 0 Å². The van der Waals surface area contributed by atoms with Gasteiger partial charge >= 0.3 is 5.97 Å². The highest BCUT2D eigenvalue weighted by Crippen LogP contribution is 2.35. The van der Waals surface area contributed by atoms with Crippen LogP contribution in [-0.2, 0) is 4.79 Å². The molecule has 0 spiro atoms. The quantitative estimate of drug-likeness (QED) is 0.817. The van der Waals surface area contributed by atoms with Gasteiger partial charge in [-0.25, -0.2) is 0 Å². The second kappa shape index (κ2) is 5.53. The van der Waals surface area contributed by atoms with E-state index in [1.54, 1.807) is 6.33 Å². The first-order valence-electron chi connectivity index (χ1n) is 5.92. The van der Waals surface area contributed by atoms with Crippen molar-refractivity contribution < 1.29 is 9.90 Å². The Hall–Kier alpha value is -1.04. The number of carboxylic acids is 1. The van der Waals surface area contributed by atoms with Gasteiger partial charge in [-0.3, -0.25) is 4.79 Å². The first kappa shape index (κ1) is 12.4. The van der Waals surface area contributed by atoms with Crippen molar-refractivity contribution in [3.63, 3.8) is 0 Å². The Balaban J connectivity index is 2.04. The van der Waals surface area contributed by atoms with Gasteiger partial charge in [-0.15, -0.1) is 10.2 Å². The summed E-state index contributed by atoms with van der Waals surface area (Å²) < 4.78 is 2.02.